The normalized spacial score (nSPS) is 10.6. The minimum Gasteiger partial charge on any atom is -0.504 e. The minimum atomic E-state index is 0.221. The molecule has 0 aromatic heterocycles. The second kappa shape index (κ2) is 6.33. The Bertz CT molecular complexity index is 381. The lowest BCUT2D eigenvalue weighted by Gasteiger charge is -2.15. The molecule has 0 aliphatic carbocycles. The molecule has 0 heterocycles. The van der Waals surface area contributed by atoms with Crippen molar-refractivity contribution >= 4 is 0 Å². The molecule has 0 unspecified atom stereocenters. The van der Waals surface area contributed by atoms with Crippen molar-refractivity contribution in [1.82, 2.24) is 0 Å². The first-order valence-electron chi connectivity index (χ1n) is 6.08. The van der Waals surface area contributed by atoms with E-state index in [9.17, 15) is 5.11 Å². The average molecular weight is 234 g/mol. The SMILES string of the molecule is C=CCc1ccc(O)c(OC)c1CCC(C)C. The van der Waals surface area contributed by atoms with Crippen LogP contribution < -0.4 is 4.74 Å². The zero-order valence-corrected chi connectivity index (χ0v) is 11.0. The van der Waals surface area contributed by atoms with Crippen LogP contribution in [0.1, 0.15) is 31.4 Å². The third kappa shape index (κ3) is 3.52. The smallest absolute Gasteiger partial charge is 0.163 e. The van der Waals surface area contributed by atoms with E-state index in [1.54, 1.807) is 13.2 Å². The molecule has 0 saturated heterocycles. The second-order valence-electron chi connectivity index (χ2n) is 4.68. The molecule has 1 aromatic rings. The van der Waals surface area contributed by atoms with Gasteiger partial charge in [-0.1, -0.05) is 26.0 Å². The molecule has 0 atom stereocenters. The van der Waals surface area contributed by atoms with Gasteiger partial charge in [0, 0.05) is 5.56 Å². The first-order chi connectivity index (χ1) is 8.10. The first kappa shape index (κ1) is 13.6. The predicted molar refractivity (Wildman–Crippen MR) is 71.7 cm³/mol. The van der Waals surface area contributed by atoms with E-state index in [2.05, 4.69) is 20.4 Å². The highest BCUT2D eigenvalue weighted by atomic mass is 16.5. The van der Waals surface area contributed by atoms with Crippen molar-refractivity contribution in [3.05, 3.63) is 35.9 Å². The Morgan fingerprint density at radius 2 is 2.12 bits per heavy atom. The number of allylic oxidation sites excluding steroid dienone is 1. The number of aromatic hydroxyl groups is 1. The zero-order valence-electron chi connectivity index (χ0n) is 11.0. The van der Waals surface area contributed by atoms with Crippen LogP contribution in [0.3, 0.4) is 0 Å². The summed E-state index contributed by atoms with van der Waals surface area (Å²) < 4.78 is 5.31. The molecule has 0 radical (unpaired) electrons. The fourth-order valence-electron chi connectivity index (χ4n) is 1.94. The molecule has 1 aromatic carbocycles. The Balaban J connectivity index is 3.09. The van der Waals surface area contributed by atoms with Crippen molar-refractivity contribution in [1.29, 1.82) is 0 Å². The summed E-state index contributed by atoms with van der Waals surface area (Å²) in [6, 6.07) is 3.64. The maximum absolute atomic E-state index is 9.80. The van der Waals surface area contributed by atoms with Gasteiger partial charge in [0.25, 0.3) is 0 Å². The van der Waals surface area contributed by atoms with Crippen LogP contribution in [-0.4, -0.2) is 12.2 Å². The Morgan fingerprint density at radius 3 is 2.65 bits per heavy atom. The molecule has 0 amide bonds. The van der Waals surface area contributed by atoms with E-state index < -0.39 is 0 Å². The molecule has 94 valence electrons. The van der Waals surface area contributed by atoms with E-state index in [-0.39, 0.29) is 5.75 Å². The van der Waals surface area contributed by atoms with E-state index in [1.807, 2.05) is 12.1 Å². The summed E-state index contributed by atoms with van der Waals surface area (Å²) in [4.78, 5) is 0. The highest BCUT2D eigenvalue weighted by Gasteiger charge is 2.13. The molecule has 0 aliphatic rings. The van der Waals surface area contributed by atoms with Crippen molar-refractivity contribution in [3.8, 4) is 11.5 Å². The van der Waals surface area contributed by atoms with Crippen molar-refractivity contribution in [3.63, 3.8) is 0 Å². The van der Waals surface area contributed by atoms with E-state index in [0.717, 1.165) is 24.8 Å². The summed E-state index contributed by atoms with van der Waals surface area (Å²) in [5.41, 5.74) is 2.30. The Labute approximate surface area is 104 Å². The van der Waals surface area contributed by atoms with Gasteiger partial charge in [-0.05, 0) is 36.8 Å². The number of hydrogen-bond acceptors (Lipinski definition) is 2. The van der Waals surface area contributed by atoms with E-state index in [4.69, 9.17) is 4.74 Å². The molecule has 1 N–H and O–H groups in total. The van der Waals surface area contributed by atoms with Gasteiger partial charge in [0.1, 0.15) is 0 Å². The van der Waals surface area contributed by atoms with Crippen LogP contribution in [-0.2, 0) is 12.8 Å². The van der Waals surface area contributed by atoms with Crippen LogP contribution in [0.25, 0.3) is 0 Å². The third-order valence-electron chi connectivity index (χ3n) is 2.88. The predicted octanol–water partition coefficient (Wildman–Crippen LogP) is 3.72. The van der Waals surface area contributed by atoms with Crippen LogP contribution in [0.5, 0.6) is 11.5 Å². The fraction of sp³-hybridized carbons (Fsp3) is 0.467. The summed E-state index contributed by atoms with van der Waals surface area (Å²) in [6.45, 7) is 8.16. The Hall–Kier alpha value is -1.44. The average Bonchev–Trinajstić information content (AvgIpc) is 2.29. The standard InChI is InChI=1S/C15H22O2/c1-5-6-12-8-10-14(16)15(17-4)13(12)9-7-11(2)3/h5,8,10-11,16H,1,6-7,9H2,2-4H3. The van der Waals surface area contributed by atoms with Crippen LogP contribution in [0.4, 0.5) is 0 Å². The lowest BCUT2D eigenvalue weighted by molar-refractivity contribution is 0.367. The van der Waals surface area contributed by atoms with Gasteiger partial charge in [0.15, 0.2) is 11.5 Å². The maximum Gasteiger partial charge on any atom is 0.163 e. The summed E-state index contributed by atoms with van der Waals surface area (Å²) in [5.74, 6) is 1.47. The number of methoxy groups -OCH3 is 1. The second-order valence-corrected chi connectivity index (χ2v) is 4.68. The van der Waals surface area contributed by atoms with Gasteiger partial charge in [0.05, 0.1) is 7.11 Å². The molecule has 1 rings (SSSR count). The van der Waals surface area contributed by atoms with E-state index in [1.165, 1.54) is 5.56 Å². The van der Waals surface area contributed by atoms with Crippen molar-refractivity contribution in [2.45, 2.75) is 33.1 Å². The summed E-state index contributed by atoms with van der Waals surface area (Å²) in [5, 5.41) is 9.80. The minimum absolute atomic E-state index is 0.221. The lowest BCUT2D eigenvalue weighted by Crippen LogP contribution is -2.01. The van der Waals surface area contributed by atoms with E-state index >= 15 is 0 Å². The van der Waals surface area contributed by atoms with Gasteiger partial charge < -0.3 is 9.84 Å². The molecule has 0 saturated carbocycles. The summed E-state index contributed by atoms with van der Waals surface area (Å²) in [7, 11) is 1.60. The molecule has 0 aliphatic heterocycles. The molecule has 0 bridgehead atoms. The number of benzene rings is 1. The molecule has 0 fully saturated rings. The van der Waals surface area contributed by atoms with Gasteiger partial charge in [-0.3, -0.25) is 0 Å². The van der Waals surface area contributed by atoms with Gasteiger partial charge in [-0.15, -0.1) is 6.58 Å². The zero-order chi connectivity index (χ0) is 12.8. The van der Waals surface area contributed by atoms with E-state index in [0.29, 0.717) is 11.7 Å². The van der Waals surface area contributed by atoms with Crippen LogP contribution >= 0.6 is 0 Å². The molecule has 2 nitrogen and oxygen atoms in total. The summed E-state index contributed by atoms with van der Waals surface area (Å²) >= 11 is 0. The van der Waals surface area contributed by atoms with Gasteiger partial charge in [-0.2, -0.15) is 0 Å². The lowest BCUT2D eigenvalue weighted by atomic mass is 9.95. The largest absolute Gasteiger partial charge is 0.504 e. The number of phenolic OH excluding ortho intramolecular Hbond substituents is 1. The first-order valence-corrected chi connectivity index (χ1v) is 6.08. The van der Waals surface area contributed by atoms with Crippen molar-refractivity contribution in [2.24, 2.45) is 5.92 Å². The Kier molecular flexibility index (Phi) is 5.08. The van der Waals surface area contributed by atoms with Crippen LogP contribution in [0.2, 0.25) is 0 Å². The third-order valence-corrected chi connectivity index (χ3v) is 2.88. The van der Waals surface area contributed by atoms with Gasteiger partial charge >= 0.3 is 0 Å². The highest BCUT2D eigenvalue weighted by Crippen LogP contribution is 2.34. The molecule has 17 heavy (non-hydrogen) atoms. The molecule has 2 heteroatoms. The van der Waals surface area contributed by atoms with Crippen LogP contribution in [0, 0.1) is 5.92 Å². The number of hydrogen-bond donors (Lipinski definition) is 1. The number of phenols is 1. The van der Waals surface area contributed by atoms with Gasteiger partial charge in [0.2, 0.25) is 0 Å². The van der Waals surface area contributed by atoms with Crippen molar-refractivity contribution in [2.75, 3.05) is 7.11 Å². The topological polar surface area (TPSA) is 29.5 Å². The highest BCUT2D eigenvalue weighted by molar-refractivity contribution is 5.50. The summed E-state index contributed by atoms with van der Waals surface area (Å²) in [6.07, 6.45) is 4.71. The van der Waals surface area contributed by atoms with Gasteiger partial charge in [-0.25, -0.2) is 0 Å². The van der Waals surface area contributed by atoms with Crippen molar-refractivity contribution < 1.29 is 9.84 Å². The number of ether oxygens (including phenoxy) is 1. The molecule has 0 spiro atoms. The quantitative estimate of drug-likeness (QED) is 0.760. The fourth-order valence-corrected chi connectivity index (χ4v) is 1.94. The maximum atomic E-state index is 9.80. The molecular formula is C15H22O2. The monoisotopic (exact) mass is 234 g/mol. The number of rotatable bonds is 6. The van der Waals surface area contributed by atoms with Crippen LogP contribution in [0.15, 0.2) is 24.8 Å². The molecular weight excluding hydrogens is 212 g/mol. The Morgan fingerprint density at radius 1 is 1.41 bits per heavy atom.